The van der Waals surface area contributed by atoms with Crippen molar-refractivity contribution in [1.29, 1.82) is 5.26 Å². The summed E-state index contributed by atoms with van der Waals surface area (Å²) in [6.45, 7) is 2.04. The molecule has 0 amide bonds. The summed E-state index contributed by atoms with van der Waals surface area (Å²) in [5, 5.41) is 9.08. The van der Waals surface area contributed by atoms with Crippen molar-refractivity contribution in [1.82, 2.24) is 9.97 Å². The summed E-state index contributed by atoms with van der Waals surface area (Å²) in [5.41, 5.74) is 4.36. The molecule has 19 heavy (non-hydrogen) atoms. The van der Waals surface area contributed by atoms with Gasteiger partial charge < -0.3 is 4.98 Å². The highest BCUT2D eigenvalue weighted by Gasteiger charge is 2.09. The second kappa shape index (κ2) is 4.52. The second-order valence-corrected chi connectivity index (χ2v) is 5.22. The first-order chi connectivity index (χ1) is 9.19. The van der Waals surface area contributed by atoms with Gasteiger partial charge in [-0.05, 0) is 30.7 Å². The topological polar surface area (TPSA) is 52.5 Å². The third kappa shape index (κ3) is 2.02. The van der Waals surface area contributed by atoms with Crippen molar-refractivity contribution in [2.75, 3.05) is 0 Å². The van der Waals surface area contributed by atoms with E-state index in [0.29, 0.717) is 5.56 Å². The predicted octanol–water partition coefficient (Wildman–Crippen LogP) is 4.17. The molecule has 3 rings (SSSR count). The summed E-state index contributed by atoms with van der Waals surface area (Å²) in [4.78, 5) is 7.78. The van der Waals surface area contributed by atoms with Gasteiger partial charge >= 0.3 is 0 Å². The van der Waals surface area contributed by atoms with Crippen LogP contribution in [0.25, 0.3) is 22.4 Å². The van der Waals surface area contributed by atoms with E-state index in [1.807, 2.05) is 37.3 Å². The Hall–Kier alpha value is -2.12. The molecule has 3 aromatic rings. The zero-order valence-electron chi connectivity index (χ0n) is 10.2. The Bertz CT molecular complexity index is 812. The lowest BCUT2D eigenvalue weighted by molar-refractivity contribution is 1.32. The number of hydrogen-bond acceptors (Lipinski definition) is 2. The van der Waals surface area contributed by atoms with Crippen molar-refractivity contribution in [3.05, 3.63) is 52.0 Å². The number of nitrogens with zero attached hydrogens (tertiary/aromatic N) is 2. The molecule has 1 N–H and O–H groups in total. The number of para-hydroxylation sites is 1. The second-order valence-electron chi connectivity index (χ2n) is 4.36. The predicted molar refractivity (Wildman–Crippen MR) is 78.7 cm³/mol. The minimum absolute atomic E-state index is 0.589. The lowest BCUT2D eigenvalue weighted by Gasteiger charge is -2.00. The van der Waals surface area contributed by atoms with Gasteiger partial charge in [0.1, 0.15) is 17.4 Å². The zero-order chi connectivity index (χ0) is 13.4. The van der Waals surface area contributed by atoms with Gasteiger partial charge in [-0.25, -0.2) is 4.98 Å². The van der Waals surface area contributed by atoms with Crippen LogP contribution in [0.5, 0.6) is 0 Å². The molecule has 0 aliphatic carbocycles. The number of nitriles is 1. The number of hydrogen-bond donors (Lipinski definition) is 1. The molecule has 92 valence electrons. The molecule has 0 aliphatic heterocycles. The van der Waals surface area contributed by atoms with Gasteiger partial charge in [-0.15, -0.1) is 0 Å². The van der Waals surface area contributed by atoms with E-state index in [2.05, 4.69) is 32.0 Å². The van der Waals surface area contributed by atoms with Crippen LogP contribution in [-0.2, 0) is 0 Å². The molecule has 0 bridgehead atoms. The van der Waals surface area contributed by atoms with Crippen LogP contribution in [0.1, 0.15) is 11.1 Å². The van der Waals surface area contributed by atoms with Crippen molar-refractivity contribution in [3.8, 4) is 17.5 Å². The lowest BCUT2D eigenvalue weighted by Crippen LogP contribution is -1.82. The van der Waals surface area contributed by atoms with Gasteiger partial charge in [-0.2, -0.15) is 5.26 Å². The standard InChI is InChI=1S/C15H10BrN3/c1-9-5-6-10(7-12(9)16)15-18-13-4-2-3-11(8-17)14(13)19-15/h2-7H,1H3,(H,18,19). The highest BCUT2D eigenvalue weighted by Crippen LogP contribution is 2.26. The van der Waals surface area contributed by atoms with Crippen molar-refractivity contribution in [2.24, 2.45) is 0 Å². The molecule has 2 aromatic carbocycles. The summed E-state index contributed by atoms with van der Waals surface area (Å²) in [7, 11) is 0. The number of aryl methyl sites for hydroxylation is 1. The normalized spacial score (nSPS) is 10.6. The Morgan fingerprint density at radius 1 is 1.26 bits per heavy atom. The van der Waals surface area contributed by atoms with E-state index in [-0.39, 0.29) is 0 Å². The zero-order valence-corrected chi connectivity index (χ0v) is 11.8. The molecule has 1 aromatic heterocycles. The number of halogens is 1. The van der Waals surface area contributed by atoms with Crippen LogP contribution < -0.4 is 0 Å². The van der Waals surface area contributed by atoms with Crippen LogP contribution in [0.15, 0.2) is 40.9 Å². The molecule has 0 radical (unpaired) electrons. The number of aromatic amines is 1. The smallest absolute Gasteiger partial charge is 0.138 e. The summed E-state index contributed by atoms with van der Waals surface area (Å²) >= 11 is 3.52. The highest BCUT2D eigenvalue weighted by molar-refractivity contribution is 9.10. The van der Waals surface area contributed by atoms with Gasteiger partial charge in [0, 0.05) is 10.0 Å². The van der Waals surface area contributed by atoms with Crippen LogP contribution in [0, 0.1) is 18.3 Å². The first-order valence-corrected chi connectivity index (χ1v) is 6.63. The monoisotopic (exact) mass is 311 g/mol. The van der Waals surface area contributed by atoms with E-state index in [1.165, 1.54) is 5.56 Å². The Kier molecular flexibility index (Phi) is 2.84. The molecular formula is C15H10BrN3. The van der Waals surface area contributed by atoms with E-state index in [1.54, 1.807) is 6.07 Å². The number of nitrogens with one attached hydrogen (secondary N) is 1. The van der Waals surface area contributed by atoms with Crippen LogP contribution in [0.2, 0.25) is 0 Å². The minimum Gasteiger partial charge on any atom is -0.338 e. The Labute approximate surface area is 119 Å². The Balaban J connectivity index is 2.21. The SMILES string of the molecule is Cc1ccc(-c2nc3c(C#N)cccc3[nH]2)cc1Br. The Morgan fingerprint density at radius 3 is 2.84 bits per heavy atom. The molecule has 0 fully saturated rings. The van der Waals surface area contributed by atoms with Crippen LogP contribution in [-0.4, -0.2) is 9.97 Å². The largest absolute Gasteiger partial charge is 0.338 e. The van der Waals surface area contributed by atoms with Gasteiger partial charge in [-0.3, -0.25) is 0 Å². The molecule has 4 heteroatoms. The third-order valence-electron chi connectivity index (χ3n) is 3.08. The molecule has 0 atom stereocenters. The quantitative estimate of drug-likeness (QED) is 0.733. The molecule has 0 spiro atoms. The van der Waals surface area contributed by atoms with Gasteiger partial charge in [0.15, 0.2) is 0 Å². The van der Waals surface area contributed by atoms with Gasteiger partial charge in [0.2, 0.25) is 0 Å². The van der Waals surface area contributed by atoms with Crippen LogP contribution in [0.4, 0.5) is 0 Å². The summed E-state index contributed by atoms with van der Waals surface area (Å²) in [6.07, 6.45) is 0. The van der Waals surface area contributed by atoms with E-state index in [0.717, 1.165) is 26.9 Å². The number of fused-ring (bicyclic) bond motifs is 1. The van der Waals surface area contributed by atoms with E-state index in [4.69, 9.17) is 5.26 Å². The molecule has 0 saturated heterocycles. The van der Waals surface area contributed by atoms with E-state index in [9.17, 15) is 0 Å². The minimum atomic E-state index is 0.589. The maximum atomic E-state index is 9.08. The molecule has 0 unspecified atom stereocenters. The number of rotatable bonds is 1. The fourth-order valence-electron chi connectivity index (χ4n) is 2.00. The summed E-state index contributed by atoms with van der Waals surface area (Å²) < 4.78 is 1.05. The van der Waals surface area contributed by atoms with Crippen LogP contribution in [0.3, 0.4) is 0 Å². The number of benzene rings is 2. The molecule has 0 saturated carbocycles. The first kappa shape index (κ1) is 11.9. The van der Waals surface area contributed by atoms with Crippen molar-refractivity contribution >= 4 is 27.0 Å². The van der Waals surface area contributed by atoms with E-state index < -0.39 is 0 Å². The van der Waals surface area contributed by atoms with Crippen molar-refractivity contribution < 1.29 is 0 Å². The third-order valence-corrected chi connectivity index (χ3v) is 3.93. The lowest BCUT2D eigenvalue weighted by atomic mass is 10.1. The maximum absolute atomic E-state index is 9.08. The summed E-state index contributed by atoms with van der Waals surface area (Å²) in [5.74, 6) is 0.776. The average molecular weight is 312 g/mol. The molecule has 3 nitrogen and oxygen atoms in total. The molecule has 1 heterocycles. The van der Waals surface area contributed by atoms with E-state index >= 15 is 0 Å². The van der Waals surface area contributed by atoms with Gasteiger partial charge in [-0.1, -0.05) is 34.1 Å². The van der Waals surface area contributed by atoms with Crippen molar-refractivity contribution in [3.63, 3.8) is 0 Å². The molecule has 0 aliphatic rings. The Morgan fingerprint density at radius 2 is 2.11 bits per heavy atom. The highest BCUT2D eigenvalue weighted by atomic mass is 79.9. The van der Waals surface area contributed by atoms with Gasteiger partial charge in [0.05, 0.1) is 11.1 Å². The van der Waals surface area contributed by atoms with Crippen molar-refractivity contribution in [2.45, 2.75) is 6.92 Å². The number of aromatic nitrogens is 2. The van der Waals surface area contributed by atoms with Gasteiger partial charge in [0.25, 0.3) is 0 Å². The fourth-order valence-corrected chi connectivity index (χ4v) is 2.38. The van der Waals surface area contributed by atoms with Crippen LogP contribution >= 0.6 is 15.9 Å². The number of imidazole rings is 1. The first-order valence-electron chi connectivity index (χ1n) is 5.84. The average Bonchev–Trinajstić information content (AvgIpc) is 2.85. The number of H-pyrrole nitrogens is 1. The maximum Gasteiger partial charge on any atom is 0.138 e. The fraction of sp³-hybridized carbons (Fsp3) is 0.0667. The summed E-state index contributed by atoms with van der Waals surface area (Å²) in [6, 6.07) is 13.8. The molecular weight excluding hydrogens is 302 g/mol.